The Morgan fingerprint density at radius 2 is 1.71 bits per heavy atom. The van der Waals surface area contributed by atoms with Crippen LogP contribution in [0.3, 0.4) is 0 Å². The minimum absolute atomic E-state index is 0.0570. The van der Waals surface area contributed by atoms with Crippen molar-refractivity contribution in [3.63, 3.8) is 0 Å². The van der Waals surface area contributed by atoms with Gasteiger partial charge in [0, 0.05) is 5.69 Å². The molecule has 0 spiro atoms. The molecule has 6 nitrogen and oxygen atoms in total. The third kappa shape index (κ3) is 6.70. The summed E-state index contributed by atoms with van der Waals surface area (Å²) in [5, 5.41) is 2.09. The minimum Gasteiger partial charge on any atom is -0.465 e. The number of benzene rings is 2. The summed E-state index contributed by atoms with van der Waals surface area (Å²) >= 11 is 1.14. The normalized spacial score (nSPS) is 11.4. The molecule has 0 heterocycles. The van der Waals surface area contributed by atoms with Crippen LogP contribution in [-0.4, -0.2) is 36.0 Å². The average Bonchev–Trinajstić information content (AvgIpc) is 2.71. The van der Waals surface area contributed by atoms with Gasteiger partial charge in [-0.25, -0.2) is 9.18 Å². The number of hydrogen-bond acceptors (Lipinski definition) is 6. The van der Waals surface area contributed by atoms with Gasteiger partial charge in [0.15, 0.2) is 0 Å². The third-order valence-corrected chi connectivity index (χ3v) is 4.80. The van der Waals surface area contributed by atoms with Crippen molar-refractivity contribution in [3.8, 4) is 0 Å². The van der Waals surface area contributed by atoms with Crippen LogP contribution in [0.1, 0.15) is 22.8 Å². The van der Waals surface area contributed by atoms with Gasteiger partial charge in [-0.05, 0) is 48.9 Å². The van der Waals surface area contributed by atoms with Gasteiger partial charge in [0.1, 0.15) is 17.7 Å². The van der Waals surface area contributed by atoms with E-state index in [4.69, 9.17) is 4.74 Å². The number of anilines is 1. The number of halogens is 1. The van der Waals surface area contributed by atoms with Gasteiger partial charge in [-0.1, -0.05) is 12.1 Å². The molecule has 2 rings (SSSR count). The van der Waals surface area contributed by atoms with Crippen LogP contribution < -0.4 is 5.32 Å². The van der Waals surface area contributed by atoms with Crippen molar-refractivity contribution < 1.29 is 28.2 Å². The highest BCUT2D eigenvalue weighted by Crippen LogP contribution is 2.15. The second-order valence-corrected chi connectivity index (χ2v) is 7.13. The Labute approximate surface area is 166 Å². The van der Waals surface area contributed by atoms with Crippen LogP contribution in [0.2, 0.25) is 0 Å². The molecule has 0 saturated heterocycles. The number of carbonyl (C=O) groups excluding carboxylic acids is 3. The smallest absolute Gasteiger partial charge is 0.337 e. The van der Waals surface area contributed by atoms with E-state index >= 15 is 0 Å². The van der Waals surface area contributed by atoms with Gasteiger partial charge in [0.05, 0.1) is 18.4 Å². The number of esters is 2. The summed E-state index contributed by atoms with van der Waals surface area (Å²) in [7, 11) is 1.30. The monoisotopic (exact) mass is 405 g/mol. The molecule has 2 aromatic rings. The van der Waals surface area contributed by atoms with Crippen LogP contribution >= 0.6 is 11.8 Å². The Hall–Kier alpha value is -2.87. The second-order valence-electron chi connectivity index (χ2n) is 5.80. The number of methoxy groups -OCH3 is 1. The van der Waals surface area contributed by atoms with Gasteiger partial charge in [0.2, 0.25) is 5.91 Å². The van der Waals surface area contributed by atoms with Crippen molar-refractivity contribution in [2.24, 2.45) is 0 Å². The van der Waals surface area contributed by atoms with E-state index in [1.807, 2.05) is 0 Å². The SMILES string of the molecule is COC(=O)c1ccc(COC(=O)C(C)SCC(=O)Nc2ccc(F)cc2)cc1. The molecule has 28 heavy (non-hydrogen) atoms. The van der Waals surface area contributed by atoms with Crippen molar-refractivity contribution in [2.75, 3.05) is 18.2 Å². The molecule has 0 aliphatic carbocycles. The average molecular weight is 405 g/mol. The molecule has 2 aromatic carbocycles. The molecule has 0 aliphatic heterocycles. The molecule has 1 unspecified atom stereocenters. The molecule has 0 aliphatic rings. The van der Waals surface area contributed by atoms with Crippen LogP contribution in [-0.2, 0) is 25.7 Å². The Bertz CT molecular complexity index is 823. The summed E-state index contributed by atoms with van der Waals surface area (Å²) in [4.78, 5) is 35.3. The third-order valence-electron chi connectivity index (χ3n) is 3.68. The largest absolute Gasteiger partial charge is 0.465 e. The number of amides is 1. The Kier molecular flexibility index (Phi) is 8.01. The van der Waals surface area contributed by atoms with Gasteiger partial charge < -0.3 is 14.8 Å². The van der Waals surface area contributed by atoms with E-state index in [1.54, 1.807) is 31.2 Å². The van der Waals surface area contributed by atoms with Crippen molar-refractivity contribution >= 4 is 35.3 Å². The molecule has 0 radical (unpaired) electrons. The highest BCUT2D eigenvalue weighted by Gasteiger charge is 2.17. The van der Waals surface area contributed by atoms with E-state index in [-0.39, 0.29) is 24.1 Å². The zero-order chi connectivity index (χ0) is 20.5. The van der Waals surface area contributed by atoms with Crippen LogP contribution in [0, 0.1) is 5.82 Å². The molecule has 8 heteroatoms. The molecule has 0 fully saturated rings. The Balaban J connectivity index is 1.74. The van der Waals surface area contributed by atoms with E-state index in [0.717, 1.165) is 17.3 Å². The first kappa shape index (κ1) is 21.4. The lowest BCUT2D eigenvalue weighted by atomic mass is 10.1. The maximum absolute atomic E-state index is 12.8. The first-order valence-electron chi connectivity index (χ1n) is 8.40. The molecule has 1 atom stereocenters. The van der Waals surface area contributed by atoms with Gasteiger partial charge in [-0.3, -0.25) is 9.59 Å². The lowest BCUT2D eigenvalue weighted by Crippen LogP contribution is -2.21. The molecule has 0 aromatic heterocycles. The van der Waals surface area contributed by atoms with Gasteiger partial charge in [0.25, 0.3) is 0 Å². The zero-order valence-corrected chi connectivity index (χ0v) is 16.3. The maximum atomic E-state index is 12.8. The number of hydrogen-bond donors (Lipinski definition) is 1. The fourth-order valence-corrected chi connectivity index (χ4v) is 2.80. The summed E-state index contributed by atoms with van der Waals surface area (Å²) in [5.41, 5.74) is 1.62. The molecular weight excluding hydrogens is 385 g/mol. The fourth-order valence-electron chi connectivity index (χ4n) is 2.13. The number of ether oxygens (including phenoxy) is 2. The number of rotatable bonds is 8. The summed E-state index contributed by atoms with van der Waals surface area (Å²) in [5.74, 6) is -1.51. The van der Waals surface area contributed by atoms with Gasteiger partial charge >= 0.3 is 11.9 Å². The number of nitrogens with one attached hydrogen (secondary N) is 1. The first-order valence-corrected chi connectivity index (χ1v) is 9.45. The van der Waals surface area contributed by atoms with Crippen LogP contribution in [0.25, 0.3) is 0 Å². The van der Waals surface area contributed by atoms with Crippen LogP contribution in [0.4, 0.5) is 10.1 Å². The quantitative estimate of drug-likeness (QED) is 0.678. The summed E-state index contributed by atoms with van der Waals surface area (Å²) in [6.07, 6.45) is 0. The van der Waals surface area contributed by atoms with Crippen molar-refractivity contribution in [2.45, 2.75) is 18.8 Å². The molecule has 0 saturated carbocycles. The van der Waals surface area contributed by atoms with Gasteiger partial charge in [-0.15, -0.1) is 11.8 Å². The molecular formula is C20H20FNO5S. The highest BCUT2D eigenvalue weighted by molar-refractivity contribution is 8.01. The van der Waals surface area contributed by atoms with E-state index < -0.39 is 17.2 Å². The van der Waals surface area contributed by atoms with Crippen LogP contribution in [0.5, 0.6) is 0 Å². The lowest BCUT2D eigenvalue weighted by Gasteiger charge is -2.12. The summed E-state index contributed by atoms with van der Waals surface area (Å²) in [6, 6.07) is 11.9. The topological polar surface area (TPSA) is 81.7 Å². The predicted octanol–water partition coefficient (Wildman–Crippen LogP) is 3.42. The maximum Gasteiger partial charge on any atom is 0.337 e. The van der Waals surface area contributed by atoms with E-state index in [0.29, 0.717) is 11.3 Å². The molecule has 1 N–H and O–H groups in total. The van der Waals surface area contributed by atoms with Crippen LogP contribution in [0.15, 0.2) is 48.5 Å². The van der Waals surface area contributed by atoms with E-state index in [2.05, 4.69) is 10.1 Å². The number of carbonyl (C=O) groups is 3. The summed E-state index contributed by atoms with van der Waals surface area (Å²) in [6.45, 7) is 1.71. The van der Waals surface area contributed by atoms with Crippen molar-refractivity contribution in [3.05, 3.63) is 65.5 Å². The molecule has 1 amide bonds. The van der Waals surface area contributed by atoms with Gasteiger partial charge in [-0.2, -0.15) is 0 Å². The van der Waals surface area contributed by atoms with Crippen molar-refractivity contribution in [1.82, 2.24) is 0 Å². The van der Waals surface area contributed by atoms with E-state index in [9.17, 15) is 18.8 Å². The number of thioether (sulfide) groups is 1. The van der Waals surface area contributed by atoms with E-state index in [1.165, 1.54) is 31.4 Å². The lowest BCUT2D eigenvalue weighted by molar-refractivity contribution is -0.143. The van der Waals surface area contributed by atoms with Crippen molar-refractivity contribution in [1.29, 1.82) is 0 Å². The molecule has 0 bridgehead atoms. The summed E-state index contributed by atoms with van der Waals surface area (Å²) < 4.78 is 22.7. The Morgan fingerprint density at radius 3 is 2.32 bits per heavy atom. The molecule has 148 valence electrons. The Morgan fingerprint density at radius 1 is 1.07 bits per heavy atom. The predicted molar refractivity (Wildman–Crippen MR) is 105 cm³/mol. The minimum atomic E-state index is -0.534. The highest BCUT2D eigenvalue weighted by atomic mass is 32.2. The fraction of sp³-hybridized carbons (Fsp3) is 0.250. The second kappa shape index (κ2) is 10.5. The first-order chi connectivity index (χ1) is 13.4. The standard InChI is InChI=1S/C20H20FNO5S/c1-13(28-12-18(23)22-17-9-7-16(21)8-10-17)19(24)27-11-14-3-5-15(6-4-14)20(25)26-2/h3-10,13H,11-12H2,1-2H3,(H,22,23). The zero-order valence-electron chi connectivity index (χ0n) is 15.4.